The van der Waals surface area contributed by atoms with Crippen molar-refractivity contribution in [2.75, 3.05) is 4.90 Å². The standard InChI is InChI=1S/C42H25NO3/c1-2-10-26(11-3-1)29-20-21-33-30-12-4-9-17-38(30)46-42(33)41(29)43(27-18-22-39-34(24-27)31-13-5-7-15-36(31)44-39)28-19-23-40-35(25-28)32-14-6-8-16-37(32)45-40/h1-25H. The van der Waals surface area contributed by atoms with Gasteiger partial charge in [-0.25, -0.2) is 0 Å². The van der Waals surface area contributed by atoms with E-state index >= 15 is 0 Å². The molecule has 0 unspecified atom stereocenters. The van der Waals surface area contributed by atoms with Crippen molar-refractivity contribution in [1.82, 2.24) is 0 Å². The highest BCUT2D eigenvalue weighted by molar-refractivity contribution is 6.15. The van der Waals surface area contributed by atoms with Crippen LogP contribution in [0.2, 0.25) is 0 Å². The quantitative estimate of drug-likeness (QED) is 0.204. The third-order valence-corrected chi connectivity index (χ3v) is 9.07. The van der Waals surface area contributed by atoms with Gasteiger partial charge in [-0.1, -0.05) is 91.0 Å². The first-order chi connectivity index (χ1) is 22.8. The molecule has 46 heavy (non-hydrogen) atoms. The first-order valence-electron chi connectivity index (χ1n) is 15.4. The summed E-state index contributed by atoms with van der Waals surface area (Å²) in [5.74, 6) is 0. The molecule has 4 nitrogen and oxygen atoms in total. The molecule has 0 N–H and O–H groups in total. The number of hydrogen-bond donors (Lipinski definition) is 0. The van der Waals surface area contributed by atoms with E-state index in [0.29, 0.717) is 0 Å². The molecule has 3 aromatic heterocycles. The van der Waals surface area contributed by atoms with E-state index in [4.69, 9.17) is 13.3 Å². The second kappa shape index (κ2) is 9.62. The Hall–Kier alpha value is -6.26. The van der Waals surface area contributed by atoms with Crippen LogP contribution in [-0.2, 0) is 0 Å². The lowest BCUT2D eigenvalue weighted by Crippen LogP contribution is -2.11. The fourth-order valence-electron chi connectivity index (χ4n) is 6.96. The molecule has 0 atom stereocenters. The maximum absolute atomic E-state index is 6.78. The molecule has 0 saturated carbocycles. The molecule has 10 aromatic rings. The average molecular weight is 592 g/mol. The Morgan fingerprint density at radius 1 is 0.348 bits per heavy atom. The number of benzene rings is 7. The molecule has 0 aliphatic carbocycles. The number of hydrogen-bond acceptors (Lipinski definition) is 4. The van der Waals surface area contributed by atoms with Crippen LogP contribution in [0.25, 0.3) is 76.9 Å². The predicted octanol–water partition coefficient (Wildman–Crippen LogP) is 12.5. The maximum Gasteiger partial charge on any atom is 0.160 e. The molecule has 0 radical (unpaired) electrons. The summed E-state index contributed by atoms with van der Waals surface area (Å²) in [5, 5.41) is 6.45. The minimum atomic E-state index is 0.830. The second-order valence-electron chi connectivity index (χ2n) is 11.7. The molecule has 0 spiro atoms. The molecule has 0 aliphatic heterocycles. The number of rotatable bonds is 4. The fraction of sp³-hybridized carbons (Fsp3) is 0. The monoisotopic (exact) mass is 591 g/mol. The van der Waals surface area contributed by atoms with Gasteiger partial charge in [0.15, 0.2) is 5.58 Å². The van der Waals surface area contributed by atoms with Crippen molar-refractivity contribution in [3.05, 3.63) is 152 Å². The van der Waals surface area contributed by atoms with Gasteiger partial charge >= 0.3 is 0 Å². The third-order valence-electron chi connectivity index (χ3n) is 9.07. The zero-order valence-electron chi connectivity index (χ0n) is 24.6. The minimum Gasteiger partial charge on any atom is -0.456 e. The zero-order chi connectivity index (χ0) is 30.2. The van der Waals surface area contributed by atoms with Crippen molar-refractivity contribution in [3.8, 4) is 11.1 Å². The van der Waals surface area contributed by atoms with Crippen molar-refractivity contribution < 1.29 is 13.3 Å². The molecule has 0 saturated heterocycles. The summed E-state index contributed by atoms with van der Waals surface area (Å²) >= 11 is 0. The predicted molar refractivity (Wildman–Crippen MR) is 188 cm³/mol. The lowest BCUT2D eigenvalue weighted by molar-refractivity contribution is 0.668. The molecule has 216 valence electrons. The van der Waals surface area contributed by atoms with Gasteiger partial charge in [-0.05, 0) is 66.2 Å². The van der Waals surface area contributed by atoms with Gasteiger partial charge in [-0.3, -0.25) is 0 Å². The summed E-state index contributed by atoms with van der Waals surface area (Å²) in [7, 11) is 0. The Kier molecular flexibility index (Phi) is 5.25. The average Bonchev–Trinajstić information content (AvgIpc) is 3.80. The second-order valence-corrected chi connectivity index (χ2v) is 11.7. The van der Waals surface area contributed by atoms with Gasteiger partial charge in [-0.2, -0.15) is 0 Å². The Morgan fingerprint density at radius 2 is 0.826 bits per heavy atom. The number of para-hydroxylation sites is 3. The normalized spacial score (nSPS) is 11.9. The fourth-order valence-corrected chi connectivity index (χ4v) is 6.96. The molecular weight excluding hydrogens is 566 g/mol. The topological polar surface area (TPSA) is 42.7 Å². The zero-order valence-corrected chi connectivity index (χ0v) is 24.6. The first-order valence-corrected chi connectivity index (χ1v) is 15.4. The van der Waals surface area contributed by atoms with E-state index in [1.165, 1.54) is 0 Å². The van der Waals surface area contributed by atoms with Crippen molar-refractivity contribution in [3.63, 3.8) is 0 Å². The minimum absolute atomic E-state index is 0.830. The molecule has 7 aromatic carbocycles. The molecular formula is C42H25NO3. The summed E-state index contributed by atoms with van der Waals surface area (Å²) < 4.78 is 19.3. The summed E-state index contributed by atoms with van der Waals surface area (Å²) in [4.78, 5) is 2.33. The molecule has 0 fully saturated rings. The largest absolute Gasteiger partial charge is 0.456 e. The first kappa shape index (κ1) is 25.1. The summed E-state index contributed by atoms with van der Waals surface area (Å²) in [6, 6.07) is 52.5. The highest BCUT2D eigenvalue weighted by Crippen LogP contribution is 2.49. The van der Waals surface area contributed by atoms with Crippen LogP contribution in [0.1, 0.15) is 0 Å². The highest BCUT2D eigenvalue weighted by Gasteiger charge is 2.25. The highest BCUT2D eigenvalue weighted by atomic mass is 16.3. The molecule has 4 heteroatoms. The molecule has 0 bridgehead atoms. The van der Waals surface area contributed by atoms with Gasteiger partial charge in [0, 0.05) is 49.3 Å². The van der Waals surface area contributed by atoms with Gasteiger partial charge in [0.1, 0.15) is 27.9 Å². The van der Waals surface area contributed by atoms with Crippen molar-refractivity contribution >= 4 is 82.9 Å². The van der Waals surface area contributed by atoms with Crippen LogP contribution in [0.3, 0.4) is 0 Å². The number of anilines is 3. The summed E-state index contributed by atoms with van der Waals surface area (Å²) in [6.07, 6.45) is 0. The summed E-state index contributed by atoms with van der Waals surface area (Å²) in [6.45, 7) is 0. The van der Waals surface area contributed by atoms with Gasteiger partial charge in [0.2, 0.25) is 0 Å². The van der Waals surface area contributed by atoms with Crippen LogP contribution in [0, 0.1) is 0 Å². The Labute approximate surface area is 263 Å². The van der Waals surface area contributed by atoms with Crippen LogP contribution in [0.15, 0.2) is 165 Å². The van der Waals surface area contributed by atoms with Crippen LogP contribution in [0.4, 0.5) is 17.1 Å². The summed E-state index contributed by atoms with van der Waals surface area (Å²) in [5.41, 5.74) is 10.3. The number of fused-ring (bicyclic) bond motifs is 9. The van der Waals surface area contributed by atoms with E-state index in [0.717, 1.165) is 94.0 Å². The van der Waals surface area contributed by atoms with Crippen LogP contribution < -0.4 is 4.90 Å². The van der Waals surface area contributed by atoms with Crippen molar-refractivity contribution in [2.24, 2.45) is 0 Å². The molecule has 10 rings (SSSR count). The van der Waals surface area contributed by atoms with Gasteiger partial charge in [0.05, 0.1) is 5.69 Å². The number of nitrogens with zero attached hydrogens (tertiary/aromatic N) is 1. The van der Waals surface area contributed by atoms with Crippen LogP contribution in [-0.4, -0.2) is 0 Å². The van der Waals surface area contributed by atoms with Crippen molar-refractivity contribution in [1.29, 1.82) is 0 Å². The van der Waals surface area contributed by atoms with Crippen LogP contribution in [0.5, 0.6) is 0 Å². The Bertz CT molecular complexity index is 2650. The molecule has 0 aliphatic rings. The van der Waals surface area contributed by atoms with E-state index in [1.54, 1.807) is 0 Å². The molecule has 3 heterocycles. The van der Waals surface area contributed by atoms with Gasteiger partial charge < -0.3 is 18.2 Å². The SMILES string of the molecule is c1ccc(-c2ccc3c(oc4ccccc43)c2N(c2ccc3oc4ccccc4c3c2)c2ccc3oc4ccccc4c3c2)cc1. The van der Waals surface area contributed by atoms with E-state index in [9.17, 15) is 0 Å². The Morgan fingerprint density at radius 3 is 1.41 bits per heavy atom. The van der Waals surface area contributed by atoms with Crippen LogP contribution >= 0.6 is 0 Å². The van der Waals surface area contributed by atoms with E-state index in [-0.39, 0.29) is 0 Å². The van der Waals surface area contributed by atoms with Gasteiger partial charge in [-0.15, -0.1) is 0 Å². The third kappa shape index (κ3) is 3.67. The smallest absolute Gasteiger partial charge is 0.160 e. The van der Waals surface area contributed by atoms with E-state index in [1.807, 2.05) is 36.4 Å². The Balaban J connectivity index is 1.34. The lowest BCUT2D eigenvalue weighted by atomic mass is 9.98. The van der Waals surface area contributed by atoms with E-state index in [2.05, 4.69) is 120 Å². The maximum atomic E-state index is 6.78. The van der Waals surface area contributed by atoms with Crippen molar-refractivity contribution in [2.45, 2.75) is 0 Å². The van der Waals surface area contributed by atoms with E-state index < -0.39 is 0 Å². The number of furan rings is 3. The lowest BCUT2D eigenvalue weighted by Gasteiger charge is -2.28. The molecule has 0 amide bonds. The van der Waals surface area contributed by atoms with Gasteiger partial charge in [0.25, 0.3) is 0 Å².